The highest BCUT2D eigenvalue weighted by atomic mass is 16.5. The summed E-state index contributed by atoms with van der Waals surface area (Å²) in [6, 6.07) is 16.8. The molecule has 0 saturated carbocycles. The Morgan fingerprint density at radius 2 is 1.89 bits per heavy atom. The normalized spacial score (nSPS) is 11.0. The van der Waals surface area contributed by atoms with E-state index in [1.165, 1.54) is 6.21 Å². The van der Waals surface area contributed by atoms with Crippen molar-refractivity contribution in [1.82, 2.24) is 14.8 Å². The third-order valence-corrected chi connectivity index (χ3v) is 4.28. The highest BCUT2D eigenvalue weighted by Crippen LogP contribution is 2.12. The number of aromatic nitrogens is 2. The van der Waals surface area contributed by atoms with Crippen LogP contribution in [0.5, 0.6) is 5.75 Å². The number of amides is 1. The summed E-state index contributed by atoms with van der Waals surface area (Å²) < 4.78 is 8.69. The van der Waals surface area contributed by atoms with E-state index >= 15 is 0 Å². The molecule has 3 rings (SSSR count). The summed E-state index contributed by atoms with van der Waals surface area (Å²) in [5.41, 5.74) is 5.24. The van der Waals surface area contributed by atoms with Crippen molar-refractivity contribution < 1.29 is 9.53 Å². The Bertz CT molecular complexity index is 1060. The molecule has 0 aliphatic rings. The van der Waals surface area contributed by atoms with Gasteiger partial charge in [0.2, 0.25) is 0 Å². The number of rotatable bonds is 6. The zero-order valence-electron chi connectivity index (χ0n) is 16.0. The first kappa shape index (κ1) is 19.2. The molecule has 7 nitrogen and oxygen atoms in total. The van der Waals surface area contributed by atoms with Gasteiger partial charge in [-0.15, -0.1) is 0 Å². The Kier molecular flexibility index (Phi) is 5.74. The zero-order chi connectivity index (χ0) is 20.1. The molecule has 0 radical (unpaired) electrons. The Morgan fingerprint density at radius 3 is 2.61 bits per heavy atom. The molecule has 2 aromatic carbocycles. The predicted molar refractivity (Wildman–Crippen MR) is 108 cm³/mol. The van der Waals surface area contributed by atoms with Crippen molar-refractivity contribution in [2.45, 2.75) is 13.8 Å². The number of benzene rings is 2. The number of hydrogen-bond donors (Lipinski definition) is 1. The van der Waals surface area contributed by atoms with Crippen LogP contribution in [0.25, 0.3) is 5.69 Å². The maximum Gasteiger partial charge on any atom is 0.277 e. The average Bonchev–Trinajstić information content (AvgIpc) is 2.90. The van der Waals surface area contributed by atoms with E-state index in [4.69, 9.17) is 4.74 Å². The number of para-hydroxylation sites is 1. The van der Waals surface area contributed by atoms with Crippen LogP contribution in [0.3, 0.4) is 0 Å². The highest BCUT2D eigenvalue weighted by Gasteiger charge is 2.14. The molecule has 0 spiro atoms. The first-order valence-corrected chi connectivity index (χ1v) is 8.83. The number of nitrogens with zero attached hydrogens (tertiary/aromatic N) is 3. The van der Waals surface area contributed by atoms with E-state index < -0.39 is 0 Å². The average molecular weight is 378 g/mol. The fourth-order valence-corrected chi connectivity index (χ4v) is 2.85. The van der Waals surface area contributed by atoms with Crippen LogP contribution in [0.1, 0.15) is 16.8 Å². The van der Waals surface area contributed by atoms with Gasteiger partial charge < -0.3 is 4.74 Å². The molecular formula is C21H22N4O3. The molecule has 0 aliphatic heterocycles. The summed E-state index contributed by atoms with van der Waals surface area (Å²) in [6.07, 6.45) is 1.46. The fourth-order valence-electron chi connectivity index (χ4n) is 2.85. The minimum absolute atomic E-state index is 0.135. The molecule has 0 bridgehead atoms. The van der Waals surface area contributed by atoms with E-state index in [0.29, 0.717) is 17.0 Å². The van der Waals surface area contributed by atoms with Gasteiger partial charge in [0.1, 0.15) is 5.75 Å². The molecular weight excluding hydrogens is 356 g/mol. The van der Waals surface area contributed by atoms with E-state index in [1.54, 1.807) is 29.4 Å². The van der Waals surface area contributed by atoms with E-state index in [-0.39, 0.29) is 18.1 Å². The van der Waals surface area contributed by atoms with Crippen LogP contribution in [-0.2, 0) is 11.8 Å². The number of ether oxygens (including phenoxy) is 1. The minimum atomic E-state index is -0.386. The van der Waals surface area contributed by atoms with Crippen LogP contribution in [0.15, 0.2) is 64.5 Å². The fraction of sp³-hybridized carbons (Fsp3) is 0.190. The van der Waals surface area contributed by atoms with Crippen LogP contribution in [-0.4, -0.2) is 28.1 Å². The Morgan fingerprint density at radius 1 is 1.14 bits per heavy atom. The number of carbonyl (C=O) groups excluding carboxylic acids is 1. The van der Waals surface area contributed by atoms with Crippen LogP contribution >= 0.6 is 0 Å². The van der Waals surface area contributed by atoms with Gasteiger partial charge in [0.25, 0.3) is 11.5 Å². The van der Waals surface area contributed by atoms with E-state index in [2.05, 4.69) is 10.5 Å². The maximum absolute atomic E-state index is 12.6. The van der Waals surface area contributed by atoms with Gasteiger partial charge >= 0.3 is 0 Å². The van der Waals surface area contributed by atoms with Crippen molar-refractivity contribution in [2.24, 2.45) is 12.1 Å². The standard InChI is InChI=1S/C21H22N4O3/c1-15-8-7-11-18(12-15)28-14-20(26)23-22-13-19-16(2)21(27)25(24(19)3)17-9-5-4-6-10-17/h4-13H,14H2,1-3H3,(H,23,26)/b22-13-. The lowest BCUT2D eigenvalue weighted by atomic mass is 10.2. The van der Waals surface area contributed by atoms with E-state index in [9.17, 15) is 9.59 Å². The van der Waals surface area contributed by atoms with Crippen molar-refractivity contribution in [3.63, 3.8) is 0 Å². The third kappa shape index (κ3) is 4.20. The van der Waals surface area contributed by atoms with E-state index in [1.807, 2.05) is 55.5 Å². The second kappa shape index (κ2) is 8.39. The zero-order valence-corrected chi connectivity index (χ0v) is 16.0. The van der Waals surface area contributed by atoms with Gasteiger partial charge in [-0.3, -0.25) is 14.3 Å². The number of hydrazone groups is 1. The Balaban J connectivity index is 1.67. The van der Waals surface area contributed by atoms with Gasteiger partial charge in [-0.25, -0.2) is 10.1 Å². The summed E-state index contributed by atoms with van der Waals surface area (Å²) in [5.74, 6) is 0.236. The molecule has 1 heterocycles. The molecule has 0 fully saturated rings. The molecule has 3 aromatic rings. The second-order valence-corrected chi connectivity index (χ2v) is 6.38. The number of aryl methyl sites for hydroxylation is 1. The van der Waals surface area contributed by atoms with Crippen molar-refractivity contribution in [3.8, 4) is 11.4 Å². The molecule has 0 unspecified atom stereocenters. The molecule has 1 aromatic heterocycles. The molecule has 0 aliphatic carbocycles. The van der Waals surface area contributed by atoms with Gasteiger partial charge in [0.15, 0.2) is 6.61 Å². The summed E-state index contributed by atoms with van der Waals surface area (Å²) in [5, 5.41) is 3.96. The lowest BCUT2D eigenvalue weighted by molar-refractivity contribution is -0.123. The number of hydrogen-bond acceptors (Lipinski definition) is 4. The molecule has 28 heavy (non-hydrogen) atoms. The van der Waals surface area contributed by atoms with Gasteiger partial charge in [0.05, 0.1) is 17.6 Å². The van der Waals surface area contributed by atoms with Crippen LogP contribution in [0.2, 0.25) is 0 Å². The van der Waals surface area contributed by atoms with Gasteiger partial charge in [0, 0.05) is 12.6 Å². The van der Waals surface area contributed by atoms with Crippen LogP contribution in [0.4, 0.5) is 0 Å². The predicted octanol–water partition coefficient (Wildman–Crippen LogP) is 2.32. The van der Waals surface area contributed by atoms with Gasteiger partial charge in [-0.1, -0.05) is 30.3 Å². The highest BCUT2D eigenvalue weighted by molar-refractivity contribution is 5.82. The summed E-state index contributed by atoms with van der Waals surface area (Å²) in [4.78, 5) is 24.5. The maximum atomic E-state index is 12.6. The molecule has 1 N–H and O–H groups in total. The summed E-state index contributed by atoms with van der Waals surface area (Å²) in [6.45, 7) is 3.53. The van der Waals surface area contributed by atoms with Crippen LogP contribution < -0.4 is 15.7 Å². The monoisotopic (exact) mass is 378 g/mol. The smallest absolute Gasteiger partial charge is 0.277 e. The van der Waals surface area contributed by atoms with Crippen molar-refractivity contribution in [1.29, 1.82) is 0 Å². The minimum Gasteiger partial charge on any atom is -0.484 e. The quantitative estimate of drug-likeness (QED) is 0.528. The number of nitrogens with one attached hydrogen (secondary N) is 1. The summed E-state index contributed by atoms with van der Waals surface area (Å²) >= 11 is 0. The van der Waals surface area contributed by atoms with E-state index in [0.717, 1.165) is 11.3 Å². The van der Waals surface area contributed by atoms with Crippen molar-refractivity contribution >= 4 is 12.1 Å². The Labute approximate surface area is 162 Å². The Hall–Kier alpha value is -3.61. The first-order valence-electron chi connectivity index (χ1n) is 8.83. The summed E-state index contributed by atoms with van der Waals surface area (Å²) in [7, 11) is 1.77. The molecule has 1 amide bonds. The molecule has 7 heteroatoms. The largest absolute Gasteiger partial charge is 0.484 e. The SMILES string of the molecule is Cc1cccc(OCC(=O)N/N=C\c2c(C)c(=O)n(-c3ccccc3)n2C)c1. The molecule has 0 atom stereocenters. The molecule has 144 valence electrons. The van der Waals surface area contributed by atoms with Gasteiger partial charge in [-0.05, 0) is 43.7 Å². The van der Waals surface area contributed by atoms with Crippen LogP contribution in [0, 0.1) is 13.8 Å². The topological polar surface area (TPSA) is 77.6 Å². The van der Waals surface area contributed by atoms with Gasteiger partial charge in [-0.2, -0.15) is 5.10 Å². The van der Waals surface area contributed by atoms with Crippen molar-refractivity contribution in [2.75, 3.05) is 6.61 Å². The number of carbonyl (C=O) groups is 1. The third-order valence-electron chi connectivity index (χ3n) is 4.28. The van der Waals surface area contributed by atoms with Crippen molar-refractivity contribution in [3.05, 3.63) is 81.8 Å². The molecule has 0 saturated heterocycles. The lowest BCUT2D eigenvalue weighted by Crippen LogP contribution is -2.24. The first-order chi connectivity index (χ1) is 13.5. The second-order valence-electron chi connectivity index (χ2n) is 6.38. The lowest BCUT2D eigenvalue weighted by Gasteiger charge is -2.08.